The molecule has 1 aliphatic carbocycles. The van der Waals surface area contributed by atoms with Gasteiger partial charge < -0.3 is 5.73 Å². The summed E-state index contributed by atoms with van der Waals surface area (Å²) in [5, 5.41) is 0. The van der Waals surface area contributed by atoms with Crippen LogP contribution < -0.4 is 5.73 Å². The number of nitrogens with two attached hydrogens (primary N) is 1. The monoisotopic (exact) mass is 260 g/mol. The van der Waals surface area contributed by atoms with E-state index in [1.807, 2.05) is 0 Å². The van der Waals surface area contributed by atoms with E-state index in [-0.39, 0.29) is 5.54 Å². The standard InChI is InChI=1S/C17H28N2/c1-4-15-9-10-17(11-15,13-18)19(3)12-16-7-5-14(2)6-8-16/h5-8,15H,4,9-13,18H2,1-3H3. The van der Waals surface area contributed by atoms with Crippen LogP contribution >= 0.6 is 0 Å². The Hall–Kier alpha value is -0.860. The van der Waals surface area contributed by atoms with E-state index in [2.05, 4.69) is 50.1 Å². The molecule has 1 aromatic rings. The van der Waals surface area contributed by atoms with Crippen LogP contribution in [0.5, 0.6) is 0 Å². The van der Waals surface area contributed by atoms with Crippen molar-refractivity contribution in [2.24, 2.45) is 11.7 Å². The van der Waals surface area contributed by atoms with Gasteiger partial charge in [-0.25, -0.2) is 0 Å². The lowest BCUT2D eigenvalue weighted by atomic mass is 9.92. The molecule has 0 aliphatic heterocycles. The van der Waals surface area contributed by atoms with Gasteiger partial charge in [0.15, 0.2) is 0 Å². The predicted molar refractivity (Wildman–Crippen MR) is 82.1 cm³/mol. The Morgan fingerprint density at radius 2 is 2.00 bits per heavy atom. The first kappa shape index (κ1) is 14.5. The summed E-state index contributed by atoms with van der Waals surface area (Å²) in [7, 11) is 2.24. The number of benzene rings is 1. The third kappa shape index (κ3) is 3.18. The second-order valence-corrected chi connectivity index (χ2v) is 6.29. The Kier molecular flexibility index (Phi) is 4.64. The fourth-order valence-corrected chi connectivity index (χ4v) is 3.39. The molecule has 106 valence electrons. The van der Waals surface area contributed by atoms with Crippen molar-refractivity contribution in [3.05, 3.63) is 35.4 Å². The predicted octanol–water partition coefficient (Wildman–Crippen LogP) is 3.33. The summed E-state index contributed by atoms with van der Waals surface area (Å²) in [6, 6.07) is 8.87. The summed E-state index contributed by atoms with van der Waals surface area (Å²) in [6.45, 7) is 6.23. The second-order valence-electron chi connectivity index (χ2n) is 6.29. The third-order valence-electron chi connectivity index (χ3n) is 4.99. The molecule has 1 aromatic carbocycles. The van der Waals surface area contributed by atoms with Crippen LogP contribution in [-0.2, 0) is 6.54 Å². The van der Waals surface area contributed by atoms with Crippen LogP contribution in [0, 0.1) is 12.8 Å². The van der Waals surface area contributed by atoms with Gasteiger partial charge in [0.1, 0.15) is 0 Å². The molecule has 0 saturated heterocycles. The molecule has 1 aliphatic rings. The van der Waals surface area contributed by atoms with Crippen molar-refractivity contribution in [2.75, 3.05) is 13.6 Å². The van der Waals surface area contributed by atoms with Gasteiger partial charge >= 0.3 is 0 Å². The third-order valence-corrected chi connectivity index (χ3v) is 4.99. The van der Waals surface area contributed by atoms with Crippen molar-refractivity contribution in [1.29, 1.82) is 0 Å². The van der Waals surface area contributed by atoms with E-state index in [0.717, 1.165) is 19.0 Å². The molecule has 1 saturated carbocycles. The zero-order valence-electron chi connectivity index (χ0n) is 12.7. The Bertz CT molecular complexity index is 398. The molecule has 2 heteroatoms. The molecule has 19 heavy (non-hydrogen) atoms. The van der Waals surface area contributed by atoms with Crippen LogP contribution in [0.3, 0.4) is 0 Å². The number of nitrogens with zero attached hydrogens (tertiary/aromatic N) is 1. The number of hydrogen-bond acceptors (Lipinski definition) is 2. The molecule has 0 amide bonds. The van der Waals surface area contributed by atoms with E-state index in [0.29, 0.717) is 0 Å². The smallest absolute Gasteiger partial charge is 0.0334 e. The number of aryl methyl sites for hydroxylation is 1. The van der Waals surface area contributed by atoms with Crippen LogP contribution in [0.15, 0.2) is 24.3 Å². The quantitative estimate of drug-likeness (QED) is 0.880. The molecule has 2 atom stereocenters. The Labute approximate surface area is 118 Å². The molecular formula is C17H28N2. The molecule has 0 spiro atoms. The van der Waals surface area contributed by atoms with E-state index in [1.165, 1.54) is 36.8 Å². The molecule has 0 radical (unpaired) electrons. The highest BCUT2D eigenvalue weighted by Gasteiger charge is 2.40. The van der Waals surface area contributed by atoms with E-state index < -0.39 is 0 Å². The number of hydrogen-bond donors (Lipinski definition) is 1. The first-order chi connectivity index (χ1) is 9.09. The highest BCUT2D eigenvalue weighted by molar-refractivity contribution is 5.21. The van der Waals surface area contributed by atoms with Crippen molar-refractivity contribution in [3.63, 3.8) is 0 Å². The average Bonchev–Trinajstić information content (AvgIpc) is 2.86. The Morgan fingerprint density at radius 3 is 2.53 bits per heavy atom. The minimum atomic E-state index is 0.228. The highest BCUT2D eigenvalue weighted by atomic mass is 15.2. The zero-order valence-corrected chi connectivity index (χ0v) is 12.7. The van der Waals surface area contributed by atoms with Gasteiger partial charge in [-0.1, -0.05) is 43.2 Å². The van der Waals surface area contributed by atoms with Crippen LogP contribution in [0.25, 0.3) is 0 Å². The van der Waals surface area contributed by atoms with E-state index in [4.69, 9.17) is 5.73 Å². The van der Waals surface area contributed by atoms with E-state index in [9.17, 15) is 0 Å². The molecule has 2 nitrogen and oxygen atoms in total. The second kappa shape index (κ2) is 6.06. The van der Waals surface area contributed by atoms with Crippen LogP contribution in [0.4, 0.5) is 0 Å². The minimum absolute atomic E-state index is 0.228. The fraction of sp³-hybridized carbons (Fsp3) is 0.647. The topological polar surface area (TPSA) is 29.3 Å². The molecular weight excluding hydrogens is 232 g/mol. The summed E-state index contributed by atoms with van der Waals surface area (Å²) in [6.07, 6.45) is 5.15. The molecule has 0 heterocycles. The molecule has 0 aromatic heterocycles. The highest BCUT2D eigenvalue weighted by Crippen LogP contribution is 2.39. The summed E-state index contributed by atoms with van der Waals surface area (Å²) in [5.74, 6) is 0.865. The lowest BCUT2D eigenvalue weighted by Crippen LogP contribution is -2.49. The number of rotatable bonds is 5. The molecule has 2 unspecified atom stereocenters. The zero-order chi connectivity index (χ0) is 13.9. The van der Waals surface area contributed by atoms with Crippen molar-refractivity contribution >= 4 is 0 Å². The largest absolute Gasteiger partial charge is 0.329 e. The molecule has 1 fully saturated rings. The normalized spacial score (nSPS) is 27.1. The first-order valence-electron chi connectivity index (χ1n) is 7.56. The lowest BCUT2D eigenvalue weighted by molar-refractivity contribution is 0.119. The van der Waals surface area contributed by atoms with Crippen molar-refractivity contribution in [3.8, 4) is 0 Å². The van der Waals surface area contributed by atoms with Crippen LogP contribution in [0.1, 0.15) is 43.7 Å². The van der Waals surface area contributed by atoms with Gasteiger partial charge in [-0.2, -0.15) is 0 Å². The molecule has 2 rings (SSSR count). The van der Waals surface area contributed by atoms with Crippen molar-refractivity contribution < 1.29 is 0 Å². The van der Waals surface area contributed by atoms with Gasteiger partial charge in [-0.3, -0.25) is 4.90 Å². The van der Waals surface area contributed by atoms with E-state index >= 15 is 0 Å². The van der Waals surface area contributed by atoms with Gasteiger partial charge in [-0.15, -0.1) is 0 Å². The summed E-state index contributed by atoms with van der Waals surface area (Å²) in [4.78, 5) is 2.49. The lowest BCUT2D eigenvalue weighted by Gasteiger charge is -2.38. The van der Waals surface area contributed by atoms with Gasteiger partial charge in [0.25, 0.3) is 0 Å². The summed E-state index contributed by atoms with van der Waals surface area (Å²) >= 11 is 0. The average molecular weight is 260 g/mol. The van der Waals surface area contributed by atoms with Crippen LogP contribution in [0.2, 0.25) is 0 Å². The van der Waals surface area contributed by atoms with Gasteiger partial charge in [0.2, 0.25) is 0 Å². The Morgan fingerprint density at radius 1 is 1.32 bits per heavy atom. The maximum absolute atomic E-state index is 6.12. The van der Waals surface area contributed by atoms with Gasteiger partial charge in [0, 0.05) is 18.6 Å². The van der Waals surface area contributed by atoms with Gasteiger partial charge in [0.05, 0.1) is 0 Å². The maximum atomic E-state index is 6.12. The first-order valence-corrected chi connectivity index (χ1v) is 7.56. The van der Waals surface area contributed by atoms with E-state index in [1.54, 1.807) is 0 Å². The van der Waals surface area contributed by atoms with Crippen molar-refractivity contribution in [2.45, 2.75) is 51.6 Å². The fourth-order valence-electron chi connectivity index (χ4n) is 3.39. The Balaban J connectivity index is 2.05. The minimum Gasteiger partial charge on any atom is -0.329 e. The molecule has 0 bridgehead atoms. The maximum Gasteiger partial charge on any atom is 0.0334 e. The van der Waals surface area contributed by atoms with Crippen molar-refractivity contribution in [1.82, 2.24) is 4.90 Å². The summed E-state index contributed by atoms with van der Waals surface area (Å²) < 4.78 is 0. The number of likely N-dealkylation sites (N-methyl/N-ethyl adjacent to an activating group) is 1. The van der Waals surface area contributed by atoms with Gasteiger partial charge in [-0.05, 0) is 44.7 Å². The SMILES string of the molecule is CCC1CCC(CN)(N(C)Cc2ccc(C)cc2)C1. The van der Waals surface area contributed by atoms with Crippen LogP contribution in [-0.4, -0.2) is 24.0 Å². The molecule has 2 N–H and O–H groups in total. The summed E-state index contributed by atoms with van der Waals surface area (Å²) in [5.41, 5.74) is 9.07.